The van der Waals surface area contributed by atoms with Crippen LogP contribution in [0.2, 0.25) is 0 Å². The first-order valence-electron chi connectivity index (χ1n) is 7.94. The number of carbonyl (C=O) groups is 1. The van der Waals surface area contributed by atoms with Gasteiger partial charge in [0.05, 0.1) is 0 Å². The topological polar surface area (TPSA) is 55.1 Å². The molecule has 1 amide bonds. The first-order chi connectivity index (χ1) is 9.66. The summed E-state index contributed by atoms with van der Waals surface area (Å²) in [6, 6.07) is 0. The minimum atomic E-state index is -0.309. The Balaban J connectivity index is 2.87. The van der Waals surface area contributed by atoms with E-state index in [2.05, 4.69) is 45.1 Å². The van der Waals surface area contributed by atoms with Gasteiger partial charge in [-0.05, 0) is 32.6 Å². The summed E-state index contributed by atoms with van der Waals surface area (Å²) in [5.74, 6) is 0.633. The van der Waals surface area contributed by atoms with E-state index in [9.17, 15) is 4.79 Å². The zero-order valence-electron chi connectivity index (χ0n) is 14.6. The van der Waals surface area contributed by atoms with Crippen LogP contribution in [-0.2, 0) is 6.42 Å². The highest BCUT2D eigenvalue weighted by molar-refractivity contribution is 5.94. The third-order valence-corrected chi connectivity index (χ3v) is 4.83. The predicted octanol–water partition coefficient (Wildman–Crippen LogP) is 4.27. The van der Waals surface area contributed by atoms with Crippen LogP contribution >= 0.6 is 0 Å². The molecule has 0 unspecified atom stereocenters. The normalized spacial score (nSPS) is 12.5. The molecule has 4 heteroatoms. The van der Waals surface area contributed by atoms with Crippen molar-refractivity contribution in [1.29, 1.82) is 0 Å². The predicted molar refractivity (Wildman–Crippen MR) is 85.5 cm³/mol. The maximum absolute atomic E-state index is 12.5. The quantitative estimate of drug-likeness (QED) is 0.817. The minimum absolute atomic E-state index is 0.0178. The highest BCUT2D eigenvalue weighted by Gasteiger charge is 2.38. The van der Waals surface area contributed by atoms with Crippen molar-refractivity contribution in [3.8, 4) is 0 Å². The molecule has 0 saturated heterocycles. The van der Waals surface area contributed by atoms with Crippen LogP contribution in [0.1, 0.15) is 82.6 Å². The Bertz CT molecular complexity index is 487. The first-order valence-corrected chi connectivity index (χ1v) is 7.94. The lowest BCUT2D eigenvalue weighted by molar-refractivity contribution is 0.0775. The molecule has 1 N–H and O–H groups in total. The number of rotatable bonds is 7. The van der Waals surface area contributed by atoms with Crippen LogP contribution in [0.15, 0.2) is 4.52 Å². The van der Waals surface area contributed by atoms with Gasteiger partial charge in [0.1, 0.15) is 5.76 Å². The van der Waals surface area contributed by atoms with Crippen LogP contribution in [0.5, 0.6) is 0 Å². The summed E-state index contributed by atoms with van der Waals surface area (Å²) in [5, 5.41) is 7.07. The molecule has 120 valence electrons. The summed E-state index contributed by atoms with van der Waals surface area (Å²) in [5.41, 5.74) is 0.962. The van der Waals surface area contributed by atoms with E-state index >= 15 is 0 Å². The molecular weight excluding hydrogens is 264 g/mol. The van der Waals surface area contributed by atoms with Crippen molar-refractivity contribution in [3.05, 3.63) is 17.0 Å². The fraction of sp³-hybridized carbons (Fsp3) is 0.765. The molecule has 0 saturated carbocycles. The van der Waals surface area contributed by atoms with Crippen LogP contribution in [0.25, 0.3) is 0 Å². The zero-order valence-corrected chi connectivity index (χ0v) is 14.6. The summed E-state index contributed by atoms with van der Waals surface area (Å²) < 4.78 is 5.22. The van der Waals surface area contributed by atoms with E-state index < -0.39 is 0 Å². The smallest absolute Gasteiger partial charge is 0.274 e. The lowest BCUT2D eigenvalue weighted by Gasteiger charge is -2.42. The summed E-state index contributed by atoms with van der Waals surface area (Å²) in [6.07, 6.45) is 4.15. The number of nitrogens with zero attached hydrogens (tertiary/aromatic N) is 1. The number of aryl methyl sites for hydroxylation is 1. The van der Waals surface area contributed by atoms with Gasteiger partial charge in [-0.3, -0.25) is 4.79 Å². The van der Waals surface area contributed by atoms with Gasteiger partial charge in [0, 0.05) is 17.5 Å². The molecule has 0 aliphatic heterocycles. The van der Waals surface area contributed by atoms with Crippen LogP contribution in [-0.4, -0.2) is 16.6 Å². The van der Waals surface area contributed by atoms with Gasteiger partial charge in [0.15, 0.2) is 5.69 Å². The Morgan fingerprint density at radius 2 is 1.86 bits per heavy atom. The standard InChI is InChI=1S/C17H30N2O2/c1-8-10-11-16(4,5)17(6,7)18-15(20)14-12(3)13(9-2)21-19-14/h8-11H2,1-7H3,(H,18,20). The molecule has 4 nitrogen and oxygen atoms in total. The number of amides is 1. The van der Waals surface area contributed by atoms with Crippen LogP contribution in [0.3, 0.4) is 0 Å². The van der Waals surface area contributed by atoms with Gasteiger partial charge in [0.2, 0.25) is 0 Å². The van der Waals surface area contributed by atoms with E-state index in [4.69, 9.17) is 4.52 Å². The molecule has 1 rings (SSSR count). The molecule has 0 spiro atoms. The van der Waals surface area contributed by atoms with Gasteiger partial charge in [-0.15, -0.1) is 0 Å². The van der Waals surface area contributed by atoms with Gasteiger partial charge in [-0.2, -0.15) is 0 Å². The number of carbonyl (C=O) groups excluding carboxylic acids is 1. The molecule has 0 aliphatic rings. The van der Waals surface area contributed by atoms with E-state index in [1.54, 1.807) is 0 Å². The Labute approximate surface area is 128 Å². The average Bonchev–Trinajstić information content (AvgIpc) is 2.76. The van der Waals surface area contributed by atoms with Gasteiger partial charge in [0.25, 0.3) is 5.91 Å². The summed E-state index contributed by atoms with van der Waals surface area (Å²) in [4.78, 5) is 12.5. The summed E-state index contributed by atoms with van der Waals surface area (Å²) in [6.45, 7) is 14.6. The average molecular weight is 294 g/mol. The van der Waals surface area contributed by atoms with E-state index in [0.29, 0.717) is 5.69 Å². The fourth-order valence-electron chi connectivity index (χ4n) is 2.35. The maximum atomic E-state index is 12.5. The molecule has 0 atom stereocenters. The summed E-state index contributed by atoms with van der Waals surface area (Å²) >= 11 is 0. The van der Waals surface area contributed by atoms with Crippen LogP contribution in [0.4, 0.5) is 0 Å². The minimum Gasteiger partial charge on any atom is -0.360 e. The monoisotopic (exact) mass is 294 g/mol. The molecule has 1 aromatic heterocycles. The number of unbranched alkanes of at least 4 members (excludes halogenated alkanes) is 1. The third kappa shape index (κ3) is 3.86. The Morgan fingerprint density at radius 1 is 1.24 bits per heavy atom. The second kappa shape index (κ2) is 6.63. The molecule has 21 heavy (non-hydrogen) atoms. The second-order valence-electron chi connectivity index (χ2n) is 7.00. The van der Waals surface area contributed by atoms with Gasteiger partial charge >= 0.3 is 0 Å². The lowest BCUT2D eigenvalue weighted by atomic mass is 9.71. The number of aromatic nitrogens is 1. The number of nitrogens with one attached hydrogen (secondary N) is 1. The Kier molecular flexibility index (Phi) is 5.60. The van der Waals surface area contributed by atoms with Crippen molar-refractivity contribution < 1.29 is 9.32 Å². The lowest BCUT2D eigenvalue weighted by Crippen LogP contribution is -2.53. The number of hydrogen-bond acceptors (Lipinski definition) is 3. The Morgan fingerprint density at radius 3 is 2.33 bits per heavy atom. The first kappa shape index (κ1) is 17.7. The highest BCUT2D eigenvalue weighted by Crippen LogP contribution is 2.35. The number of hydrogen-bond donors (Lipinski definition) is 1. The van der Waals surface area contributed by atoms with Crippen molar-refractivity contribution in [2.75, 3.05) is 0 Å². The Hall–Kier alpha value is -1.32. The fourth-order valence-corrected chi connectivity index (χ4v) is 2.35. The van der Waals surface area contributed by atoms with Crippen molar-refractivity contribution in [3.63, 3.8) is 0 Å². The van der Waals surface area contributed by atoms with E-state index in [0.717, 1.165) is 37.0 Å². The van der Waals surface area contributed by atoms with Crippen molar-refractivity contribution in [1.82, 2.24) is 10.5 Å². The molecule has 0 radical (unpaired) electrons. The zero-order chi connectivity index (χ0) is 16.3. The third-order valence-electron chi connectivity index (χ3n) is 4.83. The molecule has 0 fully saturated rings. The maximum Gasteiger partial charge on any atom is 0.274 e. The highest BCUT2D eigenvalue weighted by atomic mass is 16.5. The molecular formula is C17H30N2O2. The van der Waals surface area contributed by atoms with Gasteiger partial charge < -0.3 is 9.84 Å². The molecule has 0 bridgehead atoms. The van der Waals surface area contributed by atoms with Crippen molar-refractivity contribution in [2.24, 2.45) is 5.41 Å². The second-order valence-corrected chi connectivity index (χ2v) is 7.00. The molecule has 0 aliphatic carbocycles. The van der Waals surface area contributed by atoms with Crippen molar-refractivity contribution in [2.45, 2.75) is 79.7 Å². The van der Waals surface area contributed by atoms with Gasteiger partial charge in [-0.25, -0.2) is 0 Å². The molecule has 0 aromatic carbocycles. The SMILES string of the molecule is CCCCC(C)(C)C(C)(C)NC(=O)c1noc(CC)c1C. The molecule has 1 heterocycles. The largest absolute Gasteiger partial charge is 0.360 e. The summed E-state index contributed by atoms with van der Waals surface area (Å²) in [7, 11) is 0. The van der Waals surface area contributed by atoms with Crippen LogP contribution in [0, 0.1) is 12.3 Å². The van der Waals surface area contributed by atoms with E-state index in [-0.39, 0.29) is 16.9 Å². The van der Waals surface area contributed by atoms with Crippen LogP contribution < -0.4 is 5.32 Å². The van der Waals surface area contributed by atoms with E-state index in [1.165, 1.54) is 0 Å². The van der Waals surface area contributed by atoms with E-state index in [1.807, 2.05) is 13.8 Å². The van der Waals surface area contributed by atoms with Crippen molar-refractivity contribution >= 4 is 5.91 Å². The van der Waals surface area contributed by atoms with Gasteiger partial charge in [-0.1, -0.05) is 45.7 Å². The molecule has 1 aromatic rings.